The first-order valence-electron chi connectivity index (χ1n) is 8.41. The fourth-order valence-electron chi connectivity index (χ4n) is 2.83. The molecule has 1 aromatic carbocycles. The van der Waals surface area contributed by atoms with Gasteiger partial charge in [0.05, 0.1) is 6.54 Å². The Labute approximate surface area is 145 Å². The van der Waals surface area contributed by atoms with Crippen LogP contribution in [-0.4, -0.2) is 51.6 Å². The number of rotatable bonds is 7. The molecule has 0 radical (unpaired) electrons. The van der Waals surface area contributed by atoms with Gasteiger partial charge in [0, 0.05) is 18.2 Å². The minimum absolute atomic E-state index is 0.187. The summed E-state index contributed by atoms with van der Waals surface area (Å²) < 4.78 is 28.8. The van der Waals surface area contributed by atoms with Crippen LogP contribution in [0.25, 0.3) is 0 Å². The Morgan fingerprint density at radius 1 is 1.20 bits per heavy atom. The van der Waals surface area contributed by atoms with Gasteiger partial charge >= 0.3 is 0 Å². The van der Waals surface area contributed by atoms with E-state index in [-0.39, 0.29) is 12.1 Å². The summed E-state index contributed by atoms with van der Waals surface area (Å²) in [7, 11) is 0. The van der Waals surface area contributed by atoms with E-state index in [4.69, 9.17) is 4.84 Å². The molecule has 0 atom stereocenters. The molecule has 2 aromatic rings. The second kappa shape index (κ2) is 8.66. The summed E-state index contributed by atoms with van der Waals surface area (Å²) in [6, 6.07) is 3.39. The first-order chi connectivity index (χ1) is 12.2. The van der Waals surface area contributed by atoms with Crippen molar-refractivity contribution in [3.63, 3.8) is 0 Å². The van der Waals surface area contributed by atoms with Gasteiger partial charge in [-0.1, -0.05) is 11.6 Å². The Bertz CT molecular complexity index is 699. The number of hydrogen-bond acceptors (Lipinski definition) is 5. The summed E-state index contributed by atoms with van der Waals surface area (Å²) in [6.07, 6.45) is 6.59. The van der Waals surface area contributed by atoms with Crippen LogP contribution in [0, 0.1) is 11.6 Å². The van der Waals surface area contributed by atoms with Crippen LogP contribution in [0.2, 0.25) is 0 Å². The lowest BCUT2D eigenvalue weighted by atomic mass is 10.1. The summed E-state index contributed by atoms with van der Waals surface area (Å²) in [5, 5.41) is 8.08. The third-order valence-electron chi connectivity index (χ3n) is 4.14. The van der Waals surface area contributed by atoms with Crippen LogP contribution in [0.3, 0.4) is 0 Å². The van der Waals surface area contributed by atoms with Crippen molar-refractivity contribution >= 4 is 5.71 Å². The maximum Gasteiger partial charge on any atom is 0.137 e. The second-order valence-corrected chi connectivity index (χ2v) is 5.99. The van der Waals surface area contributed by atoms with Crippen molar-refractivity contribution in [2.24, 2.45) is 5.16 Å². The van der Waals surface area contributed by atoms with Crippen molar-refractivity contribution in [2.45, 2.75) is 25.8 Å². The zero-order valence-electron chi connectivity index (χ0n) is 13.9. The van der Waals surface area contributed by atoms with Crippen molar-refractivity contribution in [1.29, 1.82) is 0 Å². The lowest BCUT2D eigenvalue weighted by Gasteiger charge is -2.25. The maximum absolute atomic E-state index is 14.1. The van der Waals surface area contributed by atoms with Gasteiger partial charge in [-0.3, -0.25) is 4.90 Å². The van der Waals surface area contributed by atoms with Crippen LogP contribution in [-0.2, 0) is 11.4 Å². The number of halogens is 2. The molecule has 1 aromatic heterocycles. The van der Waals surface area contributed by atoms with Crippen LogP contribution in [0.5, 0.6) is 0 Å². The van der Waals surface area contributed by atoms with Gasteiger partial charge in [-0.2, -0.15) is 5.10 Å². The molecule has 0 N–H and O–H groups in total. The largest absolute Gasteiger partial charge is 0.394 e. The molecule has 3 rings (SSSR count). The highest BCUT2D eigenvalue weighted by atomic mass is 19.1. The molecule has 0 spiro atoms. The van der Waals surface area contributed by atoms with Crippen LogP contribution in [0.1, 0.15) is 24.8 Å². The van der Waals surface area contributed by atoms with E-state index in [9.17, 15) is 8.78 Å². The number of hydrogen-bond donors (Lipinski definition) is 0. The monoisotopic (exact) mass is 349 g/mol. The molecule has 25 heavy (non-hydrogen) atoms. The van der Waals surface area contributed by atoms with E-state index in [0.29, 0.717) is 12.3 Å². The van der Waals surface area contributed by atoms with Gasteiger partial charge < -0.3 is 4.84 Å². The number of benzene rings is 1. The van der Waals surface area contributed by atoms with E-state index >= 15 is 0 Å². The molecule has 0 unspecified atom stereocenters. The van der Waals surface area contributed by atoms with Crippen molar-refractivity contribution in [2.75, 3.05) is 26.2 Å². The molecule has 134 valence electrons. The number of likely N-dealkylation sites (tertiary alicyclic amines) is 1. The van der Waals surface area contributed by atoms with E-state index in [1.54, 1.807) is 0 Å². The topological polar surface area (TPSA) is 55.5 Å². The normalized spacial score (nSPS) is 16.2. The summed E-state index contributed by atoms with van der Waals surface area (Å²) in [4.78, 5) is 11.6. The number of oxime groups is 1. The van der Waals surface area contributed by atoms with Gasteiger partial charge in [-0.05, 0) is 38.1 Å². The number of aromatic nitrogens is 3. The Hall–Kier alpha value is -2.35. The molecule has 1 aliphatic heterocycles. The number of piperidine rings is 1. The first kappa shape index (κ1) is 17.5. The molecule has 8 heteroatoms. The smallest absolute Gasteiger partial charge is 0.137 e. The Kier molecular flexibility index (Phi) is 6.05. The summed E-state index contributed by atoms with van der Waals surface area (Å²) >= 11 is 0. The summed E-state index contributed by atoms with van der Waals surface area (Å²) in [5.74, 6) is -1.31. The zero-order chi connectivity index (χ0) is 17.5. The van der Waals surface area contributed by atoms with Crippen LogP contribution in [0.4, 0.5) is 8.78 Å². The van der Waals surface area contributed by atoms with Gasteiger partial charge in [0.15, 0.2) is 0 Å². The van der Waals surface area contributed by atoms with Crippen LogP contribution < -0.4 is 0 Å². The minimum atomic E-state index is -0.682. The average Bonchev–Trinajstić information content (AvgIpc) is 3.12. The minimum Gasteiger partial charge on any atom is -0.394 e. The highest BCUT2D eigenvalue weighted by Crippen LogP contribution is 2.13. The molecule has 0 saturated carbocycles. The fourth-order valence-corrected chi connectivity index (χ4v) is 2.83. The molecular formula is C17H21F2N5O. The Morgan fingerprint density at radius 2 is 2.04 bits per heavy atom. The number of nitrogens with zero attached hydrogens (tertiary/aromatic N) is 5. The van der Waals surface area contributed by atoms with Crippen molar-refractivity contribution in [3.05, 3.63) is 48.1 Å². The molecule has 6 nitrogen and oxygen atoms in total. The third-order valence-corrected chi connectivity index (χ3v) is 4.14. The second-order valence-electron chi connectivity index (χ2n) is 5.99. The predicted molar refractivity (Wildman–Crippen MR) is 89.2 cm³/mol. The Balaban J connectivity index is 1.66. The lowest BCUT2D eigenvalue weighted by molar-refractivity contribution is 0.102. The highest BCUT2D eigenvalue weighted by molar-refractivity contribution is 6.00. The Morgan fingerprint density at radius 3 is 2.76 bits per heavy atom. The quantitative estimate of drug-likeness (QED) is 0.438. The van der Waals surface area contributed by atoms with Crippen LogP contribution in [0.15, 0.2) is 36.0 Å². The molecule has 0 aliphatic carbocycles. The highest BCUT2D eigenvalue weighted by Gasteiger charge is 2.14. The molecular weight excluding hydrogens is 328 g/mol. The van der Waals surface area contributed by atoms with Gasteiger partial charge in [-0.15, -0.1) is 0 Å². The molecule has 1 fully saturated rings. The van der Waals surface area contributed by atoms with E-state index in [1.165, 1.54) is 48.7 Å². The van der Waals surface area contributed by atoms with Crippen molar-refractivity contribution in [1.82, 2.24) is 19.7 Å². The van der Waals surface area contributed by atoms with Crippen molar-refractivity contribution in [3.8, 4) is 0 Å². The van der Waals surface area contributed by atoms with E-state index in [0.717, 1.165) is 25.7 Å². The summed E-state index contributed by atoms with van der Waals surface area (Å²) in [5.41, 5.74) is 0.525. The van der Waals surface area contributed by atoms with Gasteiger partial charge in [0.2, 0.25) is 0 Å². The fraction of sp³-hybridized carbons (Fsp3) is 0.471. The summed E-state index contributed by atoms with van der Waals surface area (Å²) in [6.45, 7) is 3.54. The van der Waals surface area contributed by atoms with Gasteiger partial charge in [0.25, 0.3) is 0 Å². The van der Waals surface area contributed by atoms with Gasteiger partial charge in [0.1, 0.15) is 36.6 Å². The predicted octanol–water partition coefficient (Wildman–Crippen LogP) is 2.46. The molecule has 2 heterocycles. The standard InChI is InChI=1S/C17H21F2N5O/c18-14-4-5-15(16(19)10-14)17(11-24-13-20-12-21-24)22-25-9-8-23-6-2-1-3-7-23/h4-5,10,12-13H,1-3,6-9,11H2/b22-17-. The average molecular weight is 349 g/mol. The van der Waals surface area contributed by atoms with E-state index < -0.39 is 11.6 Å². The molecule has 1 saturated heterocycles. The van der Waals surface area contributed by atoms with Crippen molar-refractivity contribution < 1.29 is 13.6 Å². The van der Waals surface area contributed by atoms with E-state index in [2.05, 4.69) is 20.1 Å². The molecule has 0 bridgehead atoms. The van der Waals surface area contributed by atoms with E-state index in [1.807, 2.05) is 0 Å². The van der Waals surface area contributed by atoms with Crippen LogP contribution >= 0.6 is 0 Å². The van der Waals surface area contributed by atoms with Gasteiger partial charge in [-0.25, -0.2) is 18.4 Å². The molecule has 1 aliphatic rings. The SMILES string of the molecule is Fc1ccc(/C(Cn2cncn2)=N\OCCN2CCCCC2)c(F)c1. The first-order valence-corrected chi connectivity index (χ1v) is 8.41. The zero-order valence-corrected chi connectivity index (χ0v) is 13.9. The lowest BCUT2D eigenvalue weighted by Crippen LogP contribution is -2.32. The molecule has 0 amide bonds. The maximum atomic E-state index is 14.1. The third kappa shape index (κ3) is 5.06.